The molecule has 114 valence electrons. The molecular weight excluding hydrogens is 286 g/mol. The molecule has 0 aliphatic carbocycles. The Kier molecular flexibility index (Phi) is 5.77. The second-order valence-corrected chi connectivity index (χ2v) is 4.72. The van der Waals surface area contributed by atoms with E-state index in [1.165, 1.54) is 6.08 Å². The van der Waals surface area contributed by atoms with Gasteiger partial charge in [-0.25, -0.2) is 8.78 Å². The van der Waals surface area contributed by atoms with Gasteiger partial charge in [-0.3, -0.25) is 9.78 Å². The summed E-state index contributed by atoms with van der Waals surface area (Å²) in [5.41, 5.74) is 1.55. The lowest BCUT2D eigenvalue weighted by Crippen LogP contribution is -2.33. The minimum absolute atomic E-state index is 0.154. The standard InChI is InChI=1S/C17H16F2N2O/c18-16(19)13-21(12-15-5-2-1-3-6-15)17(22)9-8-14-7-4-10-20-11-14/h1-11,16H,12-13H2. The zero-order valence-corrected chi connectivity index (χ0v) is 11.9. The largest absolute Gasteiger partial charge is 0.329 e. The van der Waals surface area contributed by atoms with Gasteiger partial charge in [-0.2, -0.15) is 0 Å². The van der Waals surface area contributed by atoms with Gasteiger partial charge in [-0.05, 0) is 23.3 Å². The highest BCUT2D eigenvalue weighted by molar-refractivity contribution is 5.91. The van der Waals surface area contributed by atoms with E-state index in [1.807, 2.05) is 18.2 Å². The van der Waals surface area contributed by atoms with E-state index in [0.29, 0.717) is 0 Å². The molecule has 2 rings (SSSR count). The van der Waals surface area contributed by atoms with Gasteiger partial charge < -0.3 is 4.90 Å². The normalized spacial score (nSPS) is 11.0. The molecule has 3 nitrogen and oxygen atoms in total. The SMILES string of the molecule is O=C(C=Cc1cccnc1)N(Cc1ccccc1)CC(F)F. The third kappa shape index (κ3) is 5.09. The van der Waals surface area contributed by atoms with Crippen LogP contribution in [-0.2, 0) is 11.3 Å². The Morgan fingerprint density at radius 2 is 1.95 bits per heavy atom. The molecule has 5 heteroatoms. The number of amides is 1. The molecule has 22 heavy (non-hydrogen) atoms. The van der Waals surface area contributed by atoms with Crippen LogP contribution in [0.25, 0.3) is 6.08 Å². The number of benzene rings is 1. The van der Waals surface area contributed by atoms with Gasteiger partial charge in [0.25, 0.3) is 6.43 Å². The summed E-state index contributed by atoms with van der Waals surface area (Å²) in [6, 6.07) is 12.6. The van der Waals surface area contributed by atoms with Crippen LogP contribution in [0.5, 0.6) is 0 Å². The minimum Gasteiger partial charge on any atom is -0.329 e. The summed E-state index contributed by atoms with van der Waals surface area (Å²) < 4.78 is 25.4. The summed E-state index contributed by atoms with van der Waals surface area (Å²) in [6.07, 6.45) is 3.51. The molecule has 2 aromatic rings. The number of carbonyl (C=O) groups excluding carboxylic acids is 1. The highest BCUT2D eigenvalue weighted by Gasteiger charge is 2.16. The van der Waals surface area contributed by atoms with Crippen LogP contribution in [0.1, 0.15) is 11.1 Å². The number of halogens is 2. The molecule has 0 fully saturated rings. The first-order chi connectivity index (χ1) is 10.6. The molecule has 1 heterocycles. The highest BCUT2D eigenvalue weighted by atomic mass is 19.3. The van der Waals surface area contributed by atoms with E-state index in [0.717, 1.165) is 16.0 Å². The molecule has 0 aliphatic heterocycles. The Labute approximate surface area is 127 Å². The quantitative estimate of drug-likeness (QED) is 0.766. The van der Waals surface area contributed by atoms with Crippen molar-refractivity contribution in [3.05, 3.63) is 72.1 Å². The summed E-state index contributed by atoms with van der Waals surface area (Å²) in [4.78, 5) is 17.2. The fraction of sp³-hybridized carbons (Fsp3) is 0.176. The molecule has 1 aromatic carbocycles. The Hall–Kier alpha value is -2.56. The summed E-state index contributed by atoms with van der Waals surface area (Å²) in [5.74, 6) is -0.451. The van der Waals surface area contributed by atoms with Gasteiger partial charge in [0.1, 0.15) is 0 Å². The first-order valence-electron chi connectivity index (χ1n) is 6.84. The summed E-state index contributed by atoms with van der Waals surface area (Å²) in [5, 5.41) is 0. The molecule has 0 unspecified atom stereocenters. The number of aromatic nitrogens is 1. The maximum Gasteiger partial charge on any atom is 0.255 e. The number of rotatable bonds is 6. The van der Waals surface area contributed by atoms with Crippen molar-refractivity contribution in [2.45, 2.75) is 13.0 Å². The minimum atomic E-state index is -2.57. The van der Waals surface area contributed by atoms with Crippen molar-refractivity contribution in [1.29, 1.82) is 0 Å². The Balaban J connectivity index is 2.07. The summed E-state index contributed by atoms with van der Waals surface area (Å²) in [6.45, 7) is -0.438. The molecule has 0 aliphatic rings. The van der Waals surface area contributed by atoms with Crippen LogP contribution in [0.15, 0.2) is 60.9 Å². The zero-order valence-electron chi connectivity index (χ0n) is 11.9. The predicted octanol–water partition coefficient (Wildman–Crippen LogP) is 3.39. The molecule has 0 saturated carbocycles. The fourth-order valence-corrected chi connectivity index (χ4v) is 1.95. The Morgan fingerprint density at radius 1 is 1.18 bits per heavy atom. The van der Waals surface area contributed by atoms with Crippen molar-refractivity contribution in [2.24, 2.45) is 0 Å². The third-order valence-electron chi connectivity index (χ3n) is 2.99. The maximum atomic E-state index is 12.7. The number of hydrogen-bond acceptors (Lipinski definition) is 2. The van der Waals surface area contributed by atoms with E-state index in [9.17, 15) is 13.6 Å². The number of carbonyl (C=O) groups is 1. The van der Waals surface area contributed by atoms with Crippen LogP contribution < -0.4 is 0 Å². The topological polar surface area (TPSA) is 33.2 Å². The van der Waals surface area contributed by atoms with Crippen molar-refractivity contribution in [3.8, 4) is 0 Å². The second-order valence-electron chi connectivity index (χ2n) is 4.72. The van der Waals surface area contributed by atoms with Gasteiger partial charge in [0, 0.05) is 25.0 Å². The average Bonchev–Trinajstić information content (AvgIpc) is 2.53. The van der Waals surface area contributed by atoms with Gasteiger partial charge in [0.2, 0.25) is 5.91 Å². The first-order valence-corrected chi connectivity index (χ1v) is 6.84. The molecule has 0 bridgehead atoms. The van der Waals surface area contributed by atoms with E-state index >= 15 is 0 Å². The molecular formula is C17H16F2N2O. The van der Waals surface area contributed by atoms with E-state index in [4.69, 9.17) is 0 Å². The molecule has 1 aromatic heterocycles. The van der Waals surface area contributed by atoms with E-state index < -0.39 is 18.9 Å². The van der Waals surface area contributed by atoms with Crippen LogP contribution in [0.4, 0.5) is 8.78 Å². The number of alkyl halides is 2. The second kappa shape index (κ2) is 8.02. The molecule has 0 radical (unpaired) electrons. The van der Waals surface area contributed by atoms with Gasteiger partial charge in [0.05, 0.1) is 6.54 Å². The Bertz CT molecular complexity index is 615. The maximum absolute atomic E-state index is 12.7. The number of nitrogens with zero attached hydrogens (tertiary/aromatic N) is 2. The fourth-order valence-electron chi connectivity index (χ4n) is 1.95. The van der Waals surface area contributed by atoms with E-state index in [1.54, 1.807) is 42.7 Å². The number of hydrogen-bond donors (Lipinski definition) is 0. The molecule has 0 saturated heterocycles. The lowest BCUT2D eigenvalue weighted by molar-refractivity contribution is -0.128. The lowest BCUT2D eigenvalue weighted by atomic mass is 10.2. The molecule has 1 amide bonds. The Morgan fingerprint density at radius 3 is 2.59 bits per heavy atom. The van der Waals surface area contributed by atoms with Crippen molar-refractivity contribution >= 4 is 12.0 Å². The molecule has 0 spiro atoms. The first kappa shape index (κ1) is 15.8. The zero-order chi connectivity index (χ0) is 15.8. The third-order valence-corrected chi connectivity index (χ3v) is 2.99. The van der Waals surface area contributed by atoms with Crippen LogP contribution in [0.2, 0.25) is 0 Å². The van der Waals surface area contributed by atoms with Crippen LogP contribution >= 0.6 is 0 Å². The van der Waals surface area contributed by atoms with Crippen LogP contribution in [0, 0.1) is 0 Å². The van der Waals surface area contributed by atoms with Crippen LogP contribution in [0.3, 0.4) is 0 Å². The van der Waals surface area contributed by atoms with Gasteiger partial charge in [0.15, 0.2) is 0 Å². The van der Waals surface area contributed by atoms with Gasteiger partial charge in [-0.15, -0.1) is 0 Å². The van der Waals surface area contributed by atoms with Crippen molar-refractivity contribution in [2.75, 3.05) is 6.54 Å². The average molecular weight is 302 g/mol. The smallest absolute Gasteiger partial charge is 0.255 e. The van der Waals surface area contributed by atoms with Crippen molar-refractivity contribution in [1.82, 2.24) is 9.88 Å². The van der Waals surface area contributed by atoms with Gasteiger partial charge in [-0.1, -0.05) is 36.4 Å². The predicted molar refractivity (Wildman–Crippen MR) is 81.1 cm³/mol. The van der Waals surface area contributed by atoms with E-state index in [-0.39, 0.29) is 6.54 Å². The monoisotopic (exact) mass is 302 g/mol. The van der Waals surface area contributed by atoms with E-state index in [2.05, 4.69) is 4.98 Å². The van der Waals surface area contributed by atoms with Crippen LogP contribution in [-0.4, -0.2) is 28.8 Å². The molecule has 0 N–H and O–H groups in total. The summed E-state index contributed by atoms with van der Waals surface area (Å²) >= 11 is 0. The van der Waals surface area contributed by atoms with Crippen molar-refractivity contribution < 1.29 is 13.6 Å². The van der Waals surface area contributed by atoms with Crippen molar-refractivity contribution in [3.63, 3.8) is 0 Å². The van der Waals surface area contributed by atoms with Gasteiger partial charge >= 0.3 is 0 Å². The lowest BCUT2D eigenvalue weighted by Gasteiger charge is -2.20. The number of pyridine rings is 1. The molecule has 0 atom stereocenters. The highest BCUT2D eigenvalue weighted by Crippen LogP contribution is 2.09. The summed E-state index contributed by atoms with van der Waals surface area (Å²) in [7, 11) is 0.